The minimum atomic E-state index is -0.0262. The van der Waals surface area contributed by atoms with Crippen molar-refractivity contribution in [2.45, 2.75) is 12.3 Å². The Morgan fingerprint density at radius 3 is 2.70 bits per heavy atom. The zero-order valence-corrected chi connectivity index (χ0v) is 15.6. The number of hydrogen-bond donors (Lipinski definition) is 0. The van der Waals surface area contributed by atoms with Crippen molar-refractivity contribution in [2.24, 2.45) is 0 Å². The van der Waals surface area contributed by atoms with E-state index in [1.165, 1.54) is 0 Å². The minimum Gasteiger partial charge on any atom is -0.493 e. The van der Waals surface area contributed by atoms with Gasteiger partial charge in [-0.25, -0.2) is 0 Å². The molecule has 4 rings (SSSR count). The summed E-state index contributed by atoms with van der Waals surface area (Å²) >= 11 is 0. The van der Waals surface area contributed by atoms with Gasteiger partial charge in [-0.15, -0.1) is 0 Å². The highest BCUT2D eigenvalue weighted by Crippen LogP contribution is 2.40. The van der Waals surface area contributed by atoms with Crippen LogP contribution in [0.15, 0.2) is 36.4 Å². The molecule has 2 aromatic carbocycles. The molecule has 6 heteroatoms. The fourth-order valence-electron chi connectivity index (χ4n) is 3.84. The van der Waals surface area contributed by atoms with Gasteiger partial charge in [0.2, 0.25) is 0 Å². The average Bonchev–Trinajstić information content (AvgIpc) is 3.22. The van der Waals surface area contributed by atoms with Gasteiger partial charge in [-0.1, -0.05) is 18.2 Å². The monoisotopic (exact) mass is 369 g/mol. The number of hydrogen-bond acceptors (Lipinski definition) is 5. The normalized spacial score (nSPS) is 18.3. The molecule has 1 saturated heterocycles. The largest absolute Gasteiger partial charge is 0.493 e. The molecule has 0 radical (unpaired) electrons. The van der Waals surface area contributed by atoms with Gasteiger partial charge in [-0.3, -0.25) is 4.79 Å². The maximum absolute atomic E-state index is 13.1. The van der Waals surface area contributed by atoms with E-state index in [-0.39, 0.29) is 11.8 Å². The lowest BCUT2D eigenvalue weighted by Crippen LogP contribution is -2.29. The lowest BCUT2D eigenvalue weighted by Gasteiger charge is -2.23. The maximum Gasteiger partial charge on any atom is 0.257 e. The number of para-hydroxylation sites is 2. The van der Waals surface area contributed by atoms with Crippen molar-refractivity contribution in [2.75, 3.05) is 40.5 Å². The van der Waals surface area contributed by atoms with Crippen LogP contribution in [0.5, 0.6) is 23.0 Å². The van der Waals surface area contributed by atoms with Crippen molar-refractivity contribution < 1.29 is 23.7 Å². The van der Waals surface area contributed by atoms with Crippen LogP contribution in [-0.2, 0) is 0 Å². The maximum atomic E-state index is 13.1. The fourth-order valence-corrected chi connectivity index (χ4v) is 3.84. The molecule has 2 aliphatic rings. The summed E-state index contributed by atoms with van der Waals surface area (Å²) in [6.45, 7) is 2.29. The summed E-state index contributed by atoms with van der Waals surface area (Å²) in [6, 6.07) is 11.4. The molecule has 0 N–H and O–H groups in total. The number of benzene rings is 2. The third-order valence-electron chi connectivity index (χ3n) is 5.15. The molecular formula is C21H23NO5. The molecule has 0 saturated carbocycles. The third-order valence-corrected chi connectivity index (χ3v) is 5.15. The first-order valence-corrected chi connectivity index (χ1v) is 9.11. The first-order chi connectivity index (χ1) is 13.2. The Balaban J connectivity index is 1.56. The number of amides is 1. The van der Waals surface area contributed by atoms with Crippen molar-refractivity contribution in [3.63, 3.8) is 0 Å². The van der Waals surface area contributed by atoms with E-state index in [0.29, 0.717) is 49.1 Å². The van der Waals surface area contributed by atoms with Crippen LogP contribution in [0.4, 0.5) is 0 Å². The predicted molar refractivity (Wildman–Crippen MR) is 100 cm³/mol. The van der Waals surface area contributed by atoms with E-state index >= 15 is 0 Å². The van der Waals surface area contributed by atoms with E-state index in [0.717, 1.165) is 17.7 Å². The zero-order valence-electron chi connectivity index (χ0n) is 15.6. The number of methoxy groups -OCH3 is 2. The number of ether oxygens (including phenoxy) is 4. The molecule has 2 aliphatic heterocycles. The van der Waals surface area contributed by atoms with Gasteiger partial charge in [0.1, 0.15) is 13.2 Å². The molecule has 0 bridgehead atoms. The van der Waals surface area contributed by atoms with E-state index in [1.807, 2.05) is 35.2 Å². The fraction of sp³-hybridized carbons (Fsp3) is 0.381. The summed E-state index contributed by atoms with van der Waals surface area (Å²) < 4.78 is 22.3. The standard InChI is InChI=1S/C21H23NO5/c1-24-17-7-3-5-15(19(17)25-2)14-9-10-22(13-14)21(23)16-6-4-8-18-20(16)27-12-11-26-18/h3-8,14H,9-13H2,1-2H3/t14-/m0/s1. The number of carbonyl (C=O) groups excluding carboxylic acids is 1. The molecule has 1 atom stereocenters. The van der Waals surface area contributed by atoms with Crippen LogP contribution in [0, 0.1) is 0 Å². The summed E-state index contributed by atoms with van der Waals surface area (Å²) in [6.07, 6.45) is 0.877. The van der Waals surface area contributed by atoms with E-state index in [2.05, 4.69) is 0 Å². The second kappa shape index (κ2) is 7.39. The van der Waals surface area contributed by atoms with E-state index < -0.39 is 0 Å². The number of fused-ring (bicyclic) bond motifs is 1. The van der Waals surface area contributed by atoms with Gasteiger partial charge >= 0.3 is 0 Å². The summed E-state index contributed by atoms with van der Waals surface area (Å²) in [5.74, 6) is 2.82. The predicted octanol–water partition coefficient (Wildman–Crippen LogP) is 3.10. The molecule has 0 unspecified atom stereocenters. The van der Waals surface area contributed by atoms with Crippen molar-refractivity contribution in [3.05, 3.63) is 47.5 Å². The zero-order chi connectivity index (χ0) is 18.8. The summed E-state index contributed by atoms with van der Waals surface area (Å²) in [5.41, 5.74) is 1.63. The molecule has 6 nitrogen and oxygen atoms in total. The van der Waals surface area contributed by atoms with E-state index in [4.69, 9.17) is 18.9 Å². The number of carbonyl (C=O) groups is 1. The Morgan fingerprint density at radius 2 is 1.89 bits per heavy atom. The molecule has 0 aliphatic carbocycles. The van der Waals surface area contributed by atoms with Crippen LogP contribution in [0.3, 0.4) is 0 Å². The van der Waals surface area contributed by atoms with Crippen LogP contribution in [0.25, 0.3) is 0 Å². The molecule has 0 spiro atoms. The highest BCUT2D eigenvalue weighted by molar-refractivity contribution is 5.98. The lowest BCUT2D eigenvalue weighted by atomic mass is 9.97. The van der Waals surface area contributed by atoms with E-state index in [9.17, 15) is 4.79 Å². The Morgan fingerprint density at radius 1 is 1.07 bits per heavy atom. The molecular weight excluding hydrogens is 346 g/mol. The van der Waals surface area contributed by atoms with Crippen LogP contribution in [0.2, 0.25) is 0 Å². The van der Waals surface area contributed by atoms with Gasteiger partial charge < -0.3 is 23.8 Å². The Hall–Kier alpha value is -2.89. The van der Waals surface area contributed by atoms with Gasteiger partial charge in [-0.2, -0.15) is 0 Å². The molecule has 142 valence electrons. The number of nitrogens with zero attached hydrogens (tertiary/aromatic N) is 1. The van der Waals surface area contributed by atoms with E-state index in [1.54, 1.807) is 20.3 Å². The number of likely N-dealkylation sites (tertiary alicyclic amines) is 1. The molecule has 0 aromatic heterocycles. The number of rotatable bonds is 4. The smallest absolute Gasteiger partial charge is 0.257 e. The van der Waals surface area contributed by atoms with Crippen molar-refractivity contribution in [1.82, 2.24) is 4.90 Å². The summed E-state index contributed by atoms with van der Waals surface area (Å²) in [4.78, 5) is 15.0. The Kier molecular flexibility index (Phi) is 4.79. The average molecular weight is 369 g/mol. The van der Waals surface area contributed by atoms with Crippen LogP contribution < -0.4 is 18.9 Å². The lowest BCUT2D eigenvalue weighted by molar-refractivity contribution is 0.0780. The highest BCUT2D eigenvalue weighted by atomic mass is 16.6. The van der Waals surface area contributed by atoms with Gasteiger partial charge in [-0.05, 0) is 24.6 Å². The Bertz CT molecular complexity index is 850. The molecule has 2 aromatic rings. The van der Waals surface area contributed by atoms with Crippen LogP contribution in [0.1, 0.15) is 28.3 Å². The first-order valence-electron chi connectivity index (χ1n) is 9.11. The van der Waals surface area contributed by atoms with Crippen LogP contribution >= 0.6 is 0 Å². The highest BCUT2D eigenvalue weighted by Gasteiger charge is 2.32. The molecule has 27 heavy (non-hydrogen) atoms. The van der Waals surface area contributed by atoms with Gasteiger partial charge in [0, 0.05) is 24.6 Å². The van der Waals surface area contributed by atoms with Gasteiger partial charge in [0.25, 0.3) is 5.91 Å². The topological polar surface area (TPSA) is 57.2 Å². The van der Waals surface area contributed by atoms with Gasteiger partial charge in [0.15, 0.2) is 23.0 Å². The second-order valence-electron chi connectivity index (χ2n) is 6.65. The first kappa shape index (κ1) is 17.5. The Labute approximate surface area is 158 Å². The summed E-state index contributed by atoms with van der Waals surface area (Å²) in [7, 11) is 3.28. The van der Waals surface area contributed by atoms with Crippen LogP contribution in [-0.4, -0.2) is 51.3 Å². The third kappa shape index (κ3) is 3.16. The van der Waals surface area contributed by atoms with Gasteiger partial charge in [0.05, 0.1) is 19.8 Å². The van der Waals surface area contributed by atoms with Crippen molar-refractivity contribution in [1.29, 1.82) is 0 Å². The molecule has 1 fully saturated rings. The molecule has 1 amide bonds. The quantitative estimate of drug-likeness (QED) is 0.829. The second-order valence-corrected chi connectivity index (χ2v) is 6.65. The molecule has 2 heterocycles. The SMILES string of the molecule is COc1cccc([C@H]2CCN(C(=O)c3cccc4c3OCCO4)C2)c1OC. The van der Waals surface area contributed by atoms with Crippen molar-refractivity contribution in [3.8, 4) is 23.0 Å². The van der Waals surface area contributed by atoms with Crippen molar-refractivity contribution >= 4 is 5.91 Å². The summed E-state index contributed by atoms with van der Waals surface area (Å²) in [5, 5.41) is 0. The minimum absolute atomic E-state index is 0.0262.